The highest BCUT2D eigenvalue weighted by Crippen LogP contribution is 2.21. The van der Waals surface area contributed by atoms with E-state index in [1.165, 1.54) is 0 Å². The van der Waals surface area contributed by atoms with E-state index in [4.69, 9.17) is 4.74 Å². The van der Waals surface area contributed by atoms with Crippen LogP contribution in [0.25, 0.3) is 10.9 Å². The monoisotopic (exact) mass is 246 g/mol. The zero-order chi connectivity index (χ0) is 13.1. The van der Waals surface area contributed by atoms with Gasteiger partial charge in [0.2, 0.25) is 0 Å². The van der Waals surface area contributed by atoms with E-state index in [0.717, 1.165) is 16.5 Å². The van der Waals surface area contributed by atoms with Gasteiger partial charge in [-0.1, -0.05) is 18.2 Å². The second kappa shape index (κ2) is 5.23. The van der Waals surface area contributed by atoms with Crippen LogP contribution in [0.1, 0.15) is 10.4 Å². The Balaban J connectivity index is 2.33. The SMILES string of the molecule is COCCN(C)C(=O)c1cn(C)c2ccccc12. The van der Waals surface area contributed by atoms with Gasteiger partial charge in [-0.2, -0.15) is 0 Å². The van der Waals surface area contributed by atoms with Crippen molar-refractivity contribution >= 4 is 16.8 Å². The third kappa shape index (κ3) is 2.24. The van der Waals surface area contributed by atoms with Crippen molar-refractivity contribution in [1.29, 1.82) is 0 Å². The second-order valence-electron chi connectivity index (χ2n) is 4.39. The van der Waals surface area contributed by atoms with E-state index in [1.807, 2.05) is 42.1 Å². The number of hydrogen-bond donors (Lipinski definition) is 0. The Hall–Kier alpha value is -1.81. The number of methoxy groups -OCH3 is 1. The number of benzene rings is 1. The highest BCUT2D eigenvalue weighted by atomic mass is 16.5. The van der Waals surface area contributed by atoms with Crippen molar-refractivity contribution in [1.82, 2.24) is 9.47 Å². The summed E-state index contributed by atoms with van der Waals surface area (Å²) in [5.41, 5.74) is 1.81. The predicted molar refractivity (Wildman–Crippen MR) is 71.8 cm³/mol. The maximum Gasteiger partial charge on any atom is 0.255 e. The smallest absolute Gasteiger partial charge is 0.255 e. The zero-order valence-electron chi connectivity index (χ0n) is 11.0. The lowest BCUT2D eigenvalue weighted by Gasteiger charge is -2.15. The first-order chi connectivity index (χ1) is 8.65. The van der Waals surface area contributed by atoms with E-state index < -0.39 is 0 Å². The molecular weight excluding hydrogens is 228 g/mol. The number of ether oxygens (including phenoxy) is 1. The topological polar surface area (TPSA) is 34.5 Å². The molecule has 4 nitrogen and oxygen atoms in total. The van der Waals surface area contributed by atoms with Gasteiger partial charge in [0.05, 0.1) is 12.2 Å². The molecule has 0 atom stereocenters. The number of para-hydroxylation sites is 1. The van der Waals surface area contributed by atoms with Crippen molar-refractivity contribution in [3.8, 4) is 0 Å². The Morgan fingerprint density at radius 1 is 1.39 bits per heavy atom. The highest BCUT2D eigenvalue weighted by molar-refractivity contribution is 6.06. The van der Waals surface area contributed by atoms with E-state index in [-0.39, 0.29) is 5.91 Å². The van der Waals surface area contributed by atoms with Gasteiger partial charge in [0.15, 0.2) is 0 Å². The number of rotatable bonds is 4. The molecule has 1 amide bonds. The summed E-state index contributed by atoms with van der Waals surface area (Å²) in [6.07, 6.45) is 1.89. The number of nitrogens with zero attached hydrogens (tertiary/aromatic N) is 2. The molecule has 0 aliphatic rings. The minimum atomic E-state index is 0.0313. The van der Waals surface area contributed by atoms with E-state index in [2.05, 4.69) is 0 Å². The lowest BCUT2D eigenvalue weighted by Crippen LogP contribution is -2.29. The number of amides is 1. The predicted octanol–water partition coefficient (Wildman–Crippen LogP) is 1.90. The van der Waals surface area contributed by atoms with Crippen molar-refractivity contribution in [3.05, 3.63) is 36.0 Å². The summed E-state index contributed by atoms with van der Waals surface area (Å²) >= 11 is 0. The van der Waals surface area contributed by atoms with Gasteiger partial charge < -0.3 is 14.2 Å². The van der Waals surface area contributed by atoms with Crippen LogP contribution in [0.15, 0.2) is 30.5 Å². The summed E-state index contributed by atoms with van der Waals surface area (Å²) < 4.78 is 6.97. The van der Waals surface area contributed by atoms with Gasteiger partial charge in [-0.3, -0.25) is 4.79 Å². The van der Waals surface area contributed by atoms with Gasteiger partial charge >= 0.3 is 0 Å². The van der Waals surface area contributed by atoms with Crippen LogP contribution in [0.5, 0.6) is 0 Å². The van der Waals surface area contributed by atoms with Crippen LogP contribution in [-0.2, 0) is 11.8 Å². The summed E-state index contributed by atoms with van der Waals surface area (Å²) in [6, 6.07) is 7.92. The molecule has 2 aromatic rings. The largest absolute Gasteiger partial charge is 0.383 e. The number of fused-ring (bicyclic) bond motifs is 1. The van der Waals surface area contributed by atoms with Crippen LogP contribution < -0.4 is 0 Å². The van der Waals surface area contributed by atoms with Crippen molar-refractivity contribution in [2.45, 2.75) is 0 Å². The molecule has 0 unspecified atom stereocenters. The Labute approximate surface area is 107 Å². The average Bonchev–Trinajstić information content (AvgIpc) is 2.73. The van der Waals surface area contributed by atoms with E-state index >= 15 is 0 Å². The summed E-state index contributed by atoms with van der Waals surface area (Å²) in [4.78, 5) is 14.0. The fourth-order valence-corrected chi connectivity index (χ4v) is 2.05. The van der Waals surface area contributed by atoms with Crippen molar-refractivity contribution in [3.63, 3.8) is 0 Å². The second-order valence-corrected chi connectivity index (χ2v) is 4.39. The molecule has 0 fully saturated rings. The van der Waals surface area contributed by atoms with E-state index in [9.17, 15) is 4.79 Å². The fourth-order valence-electron chi connectivity index (χ4n) is 2.05. The Morgan fingerprint density at radius 2 is 2.11 bits per heavy atom. The van der Waals surface area contributed by atoms with E-state index in [1.54, 1.807) is 19.1 Å². The van der Waals surface area contributed by atoms with Crippen LogP contribution in [-0.4, -0.2) is 42.7 Å². The zero-order valence-corrected chi connectivity index (χ0v) is 11.0. The minimum Gasteiger partial charge on any atom is -0.383 e. The average molecular weight is 246 g/mol. The number of likely N-dealkylation sites (N-methyl/N-ethyl adjacent to an activating group) is 1. The molecule has 1 aromatic carbocycles. The lowest BCUT2D eigenvalue weighted by atomic mass is 10.1. The summed E-state index contributed by atoms with van der Waals surface area (Å²) in [7, 11) is 5.38. The van der Waals surface area contributed by atoms with E-state index in [0.29, 0.717) is 13.2 Å². The molecule has 0 bridgehead atoms. The maximum atomic E-state index is 12.3. The van der Waals surface area contributed by atoms with Crippen molar-refractivity contribution in [2.75, 3.05) is 27.3 Å². The summed E-state index contributed by atoms with van der Waals surface area (Å²) in [5.74, 6) is 0.0313. The first-order valence-corrected chi connectivity index (χ1v) is 5.93. The molecule has 1 heterocycles. The standard InChI is InChI=1S/C14H18N2O2/c1-15(8-9-18-3)14(17)12-10-16(2)13-7-5-4-6-11(12)13/h4-7,10H,8-9H2,1-3H3. The molecule has 0 N–H and O–H groups in total. The lowest BCUT2D eigenvalue weighted by molar-refractivity contribution is 0.0746. The van der Waals surface area contributed by atoms with Crippen LogP contribution in [0.4, 0.5) is 0 Å². The maximum absolute atomic E-state index is 12.3. The van der Waals surface area contributed by atoms with Gasteiger partial charge in [-0.25, -0.2) is 0 Å². The Morgan fingerprint density at radius 3 is 2.83 bits per heavy atom. The number of carbonyl (C=O) groups is 1. The van der Waals surface area contributed by atoms with Crippen LogP contribution >= 0.6 is 0 Å². The molecular formula is C14H18N2O2. The number of carbonyl (C=O) groups excluding carboxylic acids is 1. The van der Waals surface area contributed by atoms with Crippen LogP contribution in [0.2, 0.25) is 0 Å². The molecule has 4 heteroatoms. The van der Waals surface area contributed by atoms with Crippen molar-refractivity contribution < 1.29 is 9.53 Å². The Kier molecular flexibility index (Phi) is 3.67. The van der Waals surface area contributed by atoms with Crippen LogP contribution in [0.3, 0.4) is 0 Å². The summed E-state index contributed by atoms with van der Waals surface area (Å²) in [5, 5.41) is 0.995. The molecule has 0 aliphatic heterocycles. The van der Waals surface area contributed by atoms with Gasteiger partial charge in [-0.05, 0) is 6.07 Å². The minimum absolute atomic E-state index is 0.0313. The molecule has 0 saturated carbocycles. The van der Waals surface area contributed by atoms with Gasteiger partial charge in [0.1, 0.15) is 0 Å². The molecule has 0 aliphatic carbocycles. The van der Waals surface area contributed by atoms with Gasteiger partial charge in [0, 0.05) is 44.8 Å². The quantitative estimate of drug-likeness (QED) is 0.825. The molecule has 18 heavy (non-hydrogen) atoms. The number of hydrogen-bond acceptors (Lipinski definition) is 2. The highest BCUT2D eigenvalue weighted by Gasteiger charge is 2.16. The van der Waals surface area contributed by atoms with Gasteiger partial charge in [0.25, 0.3) is 5.91 Å². The fraction of sp³-hybridized carbons (Fsp3) is 0.357. The Bertz CT molecular complexity index is 560. The van der Waals surface area contributed by atoms with Gasteiger partial charge in [-0.15, -0.1) is 0 Å². The molecule has 0 spiro atoms. The molecule has 96 valence electrons. The van der Waals surface area contributed by atoms with Crippen molar-refractivity contribution in [2.24, 2.45) is 7.05 Å². The molecule has 0 radical (unpaired) electrons. The molecule has 1 aromatic heterocycles. The normalized spacial score (nSPS) is 10.8. The first kappa shape index (κ1) is 12.6. The van der Waals surface area contributed by atoms with Crippen LogP contribution in [0, 0.1) is 0 Å². The summed E-state index contributed by atoms with van der Waals surface area (Å²) in [6.45, 7) is 1.14. The molecule has 2 rings (SSSR count). The number of aromatic nitrogens is 1. The third-order valence-corrected chi connectivity index (χ3v) is 3.10. The number of aryl methyl sites for hydroxylation is 1. The molecule has 0 saturated heterocycles. The third-order valence-electron chi connectivity index (χ3n) is 3.10. The first-order valence-electron chi connectivity index (χ1n) is 5.93.